The molecule has 4 aromatic rings. The first-order valence-electron chi connectivity index (χ1n) is 7.25. The highest BCUT2D eigenvalue weighted by Gasteiger charge is 2.19. The minimum Gasteiger partial charge on any atom is -0.501 e. The van der Waals surface area contributed by atoms with Crippen molar-refractivity contribution in [2.45, 2.75) is 6.92 Å². The molecule has 0 bridgehead atoms. The van der Waals surface area contributed by atoms with Crippen LogP contribution in [0.3, 0.4) is 0 Å². The summed E-state index contributed by atoms with van der Waals surface area (Å²) in [7, 11) is 0. The number of hydrogen-bond donors (Lipinski definition) is 1. The van der Waals surface area contributed by atoms with Crippen molar-refractivity contribution < 1.29 is 9.52 Å². The van der Waals surface area contributed by atoms with Gasteiger partial charge in [-0.1, -0.05) is 24.3 Å². The number of aromatic nitrogens is 4. The van der Waals surface area contributed by atoms with Gasteiger partial charge in [0, 0.05) is 11.8 Å². The number of pyridine rings is 1. The number of benzene rings is 1. The molecule has 0 aliphatic heterocycles. The van der Waals surface area contributed by atoms with Gasteiger partial charge in [-0.3, -0.25) is 9.20 Å². The Hall–Kier alpha value is -3.48. The van der Waals surface area contributed by atoms with Crippen LogP contribution in [0, 0.1) is 6.92 Å². The first kappa shape index (κ1) is 14.1. The van der Waals surface area contributed by atoms with Crippen LogP contribution in [-0.4, -0.2) is 24.7 Å². The van der Waals surface area contributed by atoms with Crippen LogP contribution in [0.1, 0.15) is 5.56 Å². The van der Waals surface area contributed by atoms with Crippen LogP contribution in [0.25, 0.3) is 28.7 Å². The molecule has 3 heterocycles. The molecule has 0 fully saturated rings. The molecular formula is C17H12N4O3. The van der Waals surface area contributed by atoms with Gasteiger partial charge in [-0.25, -0.2) is 4.98 Å². The van der Waals surface area contributed by atoms with Crippen LogP contribution >= 0.6 is 0 Å². The van der Waals surface area contributed by atoms with E-state index in [9.17, 15) is 9.90 Å². The maximum atomic E-state index is 12.3. The number of aromatic hydroxyl groups is 1. The molecule has 1 aromatic carbocycles. The number of aryl methyl sites for hydroxylation is 1. The van der Waals surface area contributed by atoms with Crippen molar-refractivity contribution in [3.05, 3.63) is 64.6 Å². The second kappa shape index (κ2) is 5.31. The maximum Gasteiger partial charge on any atom is 0.300 e. The van der Waals surface area contributed by atoms with Crippen molar-refractivity contribution in [3.63, 3.8) is 0 Å². The predicted octanol–water partition coefficient (Wildman–Crippen LogP) is 2.43. The Labute approximate surface area is 135 Å². The SMILES string of the molecule is Cc1ccc2nc(-c3nnc(-c4ccccc4)o3)c(O)c(=O)n2c1. The molecule has 7 heteroatoms. The van der Waals surface area contributed by atoms with Gasteiger partial charge in [0.25, 0.3) is 5.89 Å². The summed E-state index contributed by atoms with van der Waals surface area (Å²) in [6.45, 7) is 1.85. The third-order valence-corrected chi connectivity index (χ3v) is 3.60. The zero-order valence-corrected chi connectivity index (χ0v) is 12.7. The highest BCUT2D eigenvalue weighted by atomic mass is 16.4. The van der Waals surface area contributed by atoms with E-state index in [2.05, 4.69) is 15.2 Å². The van der Waals surface area contributed by atoms with Crippen molar-refractivity contribution in [2.75, 3.05) is 0 Å². The van der Waals surface area contributed by atoms with Gasteiger partial charge in [0.2, 0.25) is 11.6 Å². The minimum atomic E-state index is -0.585. The average molecular weight is 320 g/mol. The number of rotatable bonds is 2. The Morgan fingerprint density at radius 3 is 2.58 bits per heavy atom. The maximum absolute atomic E-state index is 12.3. The highest BCUT2D eigenvalue weighted by molar-refractivity contribution is 5.62. The van der Waals surface area contributed by atoms with Crippen molar-refractivity contribution in [3.8, 4) is 28.8 Å². The third-order valence-electron chi connectivity index (χ3n) is 3.60. The Morgan fingerprint density at radius 2 is 1.79 bits per heavy atom. The van der Waals surface area contributed by atoms with E-state index in [0.717, 1.165) is 11.1 Å². The van der Waals surface area contributed by atoms with Crippen molar-refractivity contribution in [1.82, 2.24) is 19.6 Å². The summed E-state index contributed by atoms with van der Waals surface area (Å²) in [5.41, 5.74) is 1.39. The molecule has 0 radical (unpaired) electrons. The van der Waals surface area contributed by atoms with Gasteiger partial charge >= 0.3 is 5.56 Å². The van der Waals surface area contributed by atoms with Gasteiger partial charge in [0.15, 0.2) is 5.69 Å². The van der Waals surface area contributed by atoms with Gasteiger partial charge in [-0.15, -0.1) is 10.2 Å². The normalized spacial score (nSPS) is 11.0. The quantitative estimate of drug-likeness (QED) is 0.609. The van der Waals surface area contributed by atoms with E-state index >= 15 is 0 Å². The fourth-order valence-electron chi connectivity index (χ4n) is 2.40. The molecule has 0 spiro atoms. The zero-order valence-electron chi connectivity index (χ0n) is 12.7. The van der Waals surface area contributed by atoms with Crippen LogP contribution < -0.4 is 5.56 Å². The van der Waals surface area contributed by atoms with E-state index in [1.165, 1.54) is 4.40 Å². The van der Waals surface area contributed by atoms with Gasteiger partial charge in [0.1, 0.15) is 5.65 Å². The number of hydrogen-bond acceptors (Lipinski definition) is 6. The lowest BCUT2D eigenvalue weighted by Gasteiger charge is -2.04. The molecule has 24 heavy (non-hydrogen) atoms. The van der Waals surface area contributed by atoms with E-state index in [1.807, 2.05) is 43.3 Å². The first-order chi connectivity index (χ1) is 11.6. The molecule has 7 nitrogen and oxygen atoms in total. The number of fused-ring (bicyclic) bond motifs is 1. The molecule has 4 rings (SSSR count). The largest absolute Gasteiger partial charge is 0.501 e. The van der Waals surface area contributed by atoms with Gasteiger partial charge in [0.05, 0.1) is 0 Å². The zero-order chi connectivity index (χ0) is 16.7. The highest BCUT2D eigenvalue weighted by Crippen LogP contribution is 2.26. The smallest absolute Gasteiger partial charge is 0.300 e. The van der Waals surface area contributed by atoms with Crippen LogP contribution in [0.5, 0.6) is 5.75 Å². The van der Waals surface area contributed by atoms with E-state index in [0.29, 0.717) is 5.65 Å². The summed E-state index contributed by atoms with van der Waals surface area (Å²) in [6, 6.07) is 12.7. The van der Waals surface area contributed by atoms with Crippen LogP contribution in [0.2, 0.25) is 0 Å². The van der Waals surface area contributed by atoms with E-state index < -0.39 is 11.3 Å². The van der Waals surface area contributed by atoms with Gasteiger partial charge in [-0.05, 0) is 30.7 Å². The molecular weight excluding hydrogens is 308 g/mol. The summed E-state index contributed by atoms with van der Waals surface area (Å²) in [5.74, 6) is -0.246. The summed E-state index contributed by atoms with van der Waals surface area (Å²) < 4.78 is 6.85. The summed E-state index contributed by atoms with van der Waals surface area (Å²) in [6.07, 6.45) is 1.61. The van der Waals surface area contributed by atoms with E-state index in [1.54, 1.807) is 12.3 Å². The van der Waals surface area contributed by atoms with E-state index in [4.69, 9.17) is 4.42 Å². The average Bonchev–Trinajstić information content (AvgIpc) is 3.09. The second-order valence-electron chi connectivity index (χ2n) is 5.33. The summed E-state index contributed by atoms with van der Waals surface area (Å²) in [5, 5.41) is 18.0. The molecule has 0 aliphatic carbocycles. The van der Waals surface area contributed by atoms with Crippen molar-refractivity contribution in [2.24, 2.45) is 0 Å². The Bertz CT molecular complexity index is 1100. The Balaban J connectivity index is 1.88. The summed E-state index contributed by atoms with van der Waals surface area (Å²) >= 11 is 0. The lowest BCUT2D eigenvalue weighted by molar-refractivity contribution is 0.460. The molecule has 118 valence electrons. The minimum absolute atomic E-state index is 0.00784. The third kappa shape index (κ3) is 2.23. The molecule has 0 aliphatic rings. The van der Waals surface area contributed by atoms with Crippen LogP contribution in [0.15, 0.2) is 57.9 Å². The lowest BCUT2D eigenvalue weighted by Crippen LogP contribution is -2.15. The van der Waals surface area contributed by atoms with Crippen LogP contribution in [0.4, 0.5) is 0 Å². The molecule has 0 saturated heterocycles. The topological polar surface area (TPSA) is 93.5 Å². The standard InChI is InChI=1S/C17H12N4O3/c1-10-7-8-12-18-13(14(22)17(23)21(12)9-10)16-20-19-15(24-16)11-5-3-2-4-6-11/h2-9,22H,1H3. The fourth-order valence-corrected chi connectivity index (χ4v) is 2.40. The number of nitrogens with zero attached hydrogens (tertiary/aromatic N) is 4. The molecule has 0 saturated carbocycles. The van der Waals surface area contributed by atoms with Crippen LogP contribution in [-0.2, 0) is 0 Å². The molecule has 0 atom stereocenters. The Kier molecular flexibility index (Phi) is 3.13. The molecule has 0 unspecified atom stereocenters. The molecule has 1 N–H and O–H groups in total. The fraction of sp³-hybridized carbons (Fsp3) is 0.0588. The van der Waals surface area contributed by atoms with Crippen molar-refractivity contribution in [1.29, 1.82) is 0 Å². The summed E-state index contributed by atoms with van der Waals surface area (Å²) in [4.78, 5) is 16.6. The van der Waals surface area contributed by atoms with Crippen molar-refractivity contribution >= 4 is 5.65 Å². The first-order valence-corrected chi connectivity index (χ1v) is 7.25. The Morgan fingerprint density at radius 1 is 1.04 bits per heavy atom. The molecule has 0 amide bonds. The second-order valence-corrected chi connectivity index (χ2v) is 5.33. The van der Waals surface area contributed by atoms with Gasteiger partial charge in [-0.2, -0.15) is 0 Å². The van der Waals surface area contributed by atoms with Gasteiger partial charge < -0.3 is 9.52 Å². The van der Waals surface area contributed by atoms with E-state index in [-0.39, 0.29) is 17.5 Å². The monoisotopic (exact) mass is 320 g/mol. The predicted molar refractivity (Wildman–Crippen MR) is 86.6 cm³/mol. The molecule has 3 aromatic heterocycles. The lowest BCUT2D eigenvalue weighted by atomic mass is 10.2.